The first-order chi connectivity index (χ1) is 13.9. The Morgan fingerprint density at radius 2 is 1.86 bits per heavy atom. The minimum absolute atomic E-state index is 0.0969. The highest BCUT2D eigenvalue weighted by Crippen LogP contribution is 2.16. The predicted molar refractivity (Wildman–Crippen MR) is 102 cm³/mol. The van der Waals surface area contributed by atoms with E-state index in [1.807, 2.05) is 34.9 Å². The lowest BCUT2D eigenvalue weighted by atomic mass is 10.1. The Balaban J connectivity index is 1.51. The minimum atomic E-state index is -4.33. The normalized spacial score (nSPS) is 12.3. The van der Waals surface area contributed by atoms with Crippen LogP contribution in [0.3, 0.4) is 0 Å². The molecule has 29 heavy (non-hydrogen) atoms. The number of hydrogen-bond donors (Lipinski definition) is 2. The molecule has 0 atom stereocenters. The standard InChI is InChI=1S/C19H21F3N6O/c1-23-18(25-11-17-27-26-16-7-2-3-8-28(16)17)24-10-14-5-4-6-15(9-14)12-29-13-19(20,21)22/h2-9H,10-13H2,1H3,(H2,23,24,25). The van der Waals surface area contributed by atoms with Gasteiger partial charge in [-0.25, -0.2) is 0 Å². The van der Waals surface area contributed by atoms with Gasteiger partial charge in [-0.05, 0) is 23.3 Å². The Morgan fingerprint density at radius 3 is 2.66 bits per heavy atom. The lowest BCUT2D eigenvalue weighted by Crippen LogP contribution is -2.36. The van der Waals surface area contributed by atoms with Crippen LogP contribution < -0.4 is 10.6 Å². The summed E-state index contributed by atoms with van der Waals surface area (Å²) >= 11 is 0. The first-order valence-corrected chi connectivity index (χ1v) is 8.90. The number of ether oxygens (including phenoxy) is 1. The summed E-state index contributed by atoms with van der Waals surface area (Å²) in [6.45, 7) is -0.479. The molecule has 0 aliphatic heterocycles. The van der Waals surface area contributed by atoms with Gasteiger partial charge in [0.1, 0.15) is 6.61 Å². The van der Waals surface area contributed by atoms with Crippen LogP contribution in [0.5, 0.6) is 0 Å². The Hall–Kier alpha value is -3.14. The fourth-order valence-corrected chi connectivity index (χ4v) is 2.69. The molecule has 7 nitrogen and oxygen atoms in total. The molecule has 1 aromatic carbocycles. The van der Waals surface area contributed by atoms with E-state index in [1.54, 1.807) is 25.2 Å². The Kier molecular flexibility index (Phi) is 6.65. The van der Waals surface area contributed by atoms with Crippen molar-refractivity contribution in [1.29, 1.82) is 0 Å². The van der Waals surface area contributed by atoms with Gasteiger partial charge >= 0.3 is 6.18 Å². The van der Waals surface area contributed by atoms with Gasteiger partial charge < -0.3 is 15.4 Å². The van der Waals surface area contributed by atoms with Crippen molar-refractivity contribution in [2.24, 2.45) is 4.99 Å². The number of hydrogen-bond acceptors (Lipinski definition) is 4. The van der Waals surface area contributed by atoms with E-state index in [-0.39, 0.29) is 6.61 Å². The van der Waals surface area contributed by atoms with Crippen molar-refractivity contribution in [1.82, 2.24) is 25.2 Å². The van der Waals surface area contributed by atoms with E-state index < -0.39 is 12.8 Å². The summed E-state index contributed by atoms with van der Waals surface area (Å²) in [6.07, 6.45) is -2.44. The number of aromatic nitrogens is 3. The van der Waals surface area contributed by atoms with Gasteiger partial charge in [0.25, 0.3) is 0 Å². The number of aliphatic imine (C=N–C) groups is 1. The van der Waals surface area contributed by atoms with Crippen molar-refractivity contribution in [3.05, 3.63) is 65.6 Å². The minimum Gasteiger partial charge on any atom is -0.367 e. The van der Waals surface area contributed by atoms with Crippen LogP contribution in [0.2, 0.25) is 0 Å². The van der Waals surface area contributed by atoms with Crippen LogP contribution >= 0.6 is 0 Å². The highest BCUT2D eigenvalue weighted by molar-refractivity contribution is 5.79. The van der Waals surface area contributed by atoms with E-state index in [2.05, 4.69) is 25.8 Å². The third-order valence-electron chi connectivity index (χ3n) is 4.01. The number of rotatable bonds is 7. The lowest BCUT2D eigenvalue weighted by molar-refractivity contribution is -0.176. The van der Waals surface area contributed by atoms with E-state index in [0.717, 1.165) is 17.0 Å². The van der Waals surface area contributed by atoms with Crippen LogP contribution in [-0.4, -0.2) is 40.4 Å². The van der Waals surface area contributed by atoms with Crippen molar-refractivity contribution < 1.29 is 17.9 Å². The maximum Gasteiger partial charge on any atom is 0.411 e. The first kappa shape index (κ1) is 20.6. The van der Waals surface area contributed by atoms with E-state index in [1.165, 1.54) is 0 Å². The quantitative estimate of drug-likeness (QED) is 0.466. The number of fused-ring (bicyclic) bond motifs is 1. The molecule has 2 N–H and O–H groups in total. The molecule has 0 saturated carbocycles. The highest BCUT2D eigenvalue weighted by atomic mass is 19.4. The van der Waals surface area contributed by atoms with Gasteiger partial charge in [0.05, 0.1) is 13.2 Å². The zero-order chi connectivity index (χ0) is 20.7. The number of nitrogens with one attached hydrogen (secondary N) is 2. The van der Waals surface area contributed by atoms with Gasteiger partial charge in [0.2, 0.25) is 0 Å². The van der Waals surface area contributed by atoms with Crippen LogP contribution in [0, 0.1) is 0 Å². The van der Waals surface area contributed by atoms with Gasteiger partial charge in [-0.1, -0.05) is 30.3 Å². The van der Waals surface area contributed by atoms with E-state index in [0.29, 0.717) is 24.6 Å². The van der Waals surface area contributed by atoms with Gasteiger partial charge in [-0.15, -0.1) is 10.2 Å². The molecule has 0 saturated heterocycles. The first-order valence-electron chi connectivity index (χ1n) is 8.90. The second-order valence-corrected chi connectivity index (χ2v) is 6.25. The molecule has 0 radical (unpaired) electrons. The van der Waals surface area contributed by atoms with E-state index in [4.69, 9.17) is 4.74 Å². The van der Waals surface area contributed by atoms with E-state index in [9.17, 15) is 13.2 Å². The van der Waals surface area contributed by atoms with Gasteiger partial charge in [0, 0.05) is 19.8 Å². The number of guanidine groups is 1. The summed E-state index contributed by atoms with van der Waals surface area (Å²) in [5.74, 6) is 1.31. The van der Waals surface area contributed by atoms with Crippen LogP contribution in [0.4, 0.5) is 13.2 Å². The number of alkyl halides is 3. The number of nitrogens with zero attached hydrogens (tertiary/aromatic N) is 4. The summed E-state index contributed by atoms with van der Waals surface area (Å²) in [7, 11) is 1.65. The van der Waals surface area contributed by atoms with Crippen molar-refractivity contribution >= 4 is 11.6 Å². The van der Waals surface area contributed by atoms with Crippen LogP contribution in [0.25, 0.3) is 5.65 Å². The third kappa shape index (κ3) is 6.18. The number of halogens is 3. The Bertz CT molecular complexity index is 970. The van der Waals surface area contributed by atoms with Crippen molar-refractivity contribution in [2.75, 3.05) is 13.7 Å². The monoisotopic (exact) mass is 406 g/mol. The molecule has 0 aliphatic rings. The fourth-order valence-electron chi connectivity index (χ4n) is 2.69. The second-order valence-electron chi connectivity index (χ2n) is 6.25. The Labute approximate surface area is 165 Å². The third-order valence-corrected chi connectivity index (χ3v) is 4.01. The Morgan fingerprint density at radius 1 is 1.07 bits per heavy atom. The number of benzene rings is 1. The molecular formula is C19H21F3N6O. The molecule has 0 spiro atoms. The molecule has 2 heterocycles. The number of pyridine rings is 1. The molecule has 0 aliphatic carbocycles. The molecule has 0 unspecified atom stereocenters. The van der Waals surface area contributed by atoms with Crippen LogP contribution in [-0.2, 0) is 24.4 Å². The molecule has 3 rings (SSSR count). The molecule has 154 valence electrons. The fraction of sp³-hybridized carbons (Fsp3) is 0.316. The predicted octanol–water partition coefficient (Wildman–Crippen LogP) is 2.67. The smallest absolute Gasteiger partial charge is 0.367 e. The molecule has 10 heteroatoms. The van der Waals surface area contributed by atoms with Crippen LogP contribution in [0.15, 0.2) is 53.7 Å². The summed E-state index contributed by atoms with van der Waals surface area (Å²) in [5, 5.41) is 14.6. The van der Waals surface area contributed by atoms with E-state index >= 15 is 0 Å². The molecule has 0 fully saturated rings. The maximum absolute atomic E-state index is 12.2. The van der Waals surface area contributed by atoms with Gasteiger partial charge in [0.15, 0.2) is 17.4 Å². The average molecular weight is 406 g/mol. The van der Waals surface area contributed by atoms with Crippen LogP contribution in [0.1, 0.15) is 17.0 Å². The molecule has 3 aromatic rings. The van der Waals surface area contributed by atoms with Crippen molar-refractivity contribution in [3.8, 4) is 0 Å². The maximum atomic E-state index is 12.2. The molecular weight excluding hydrogens is 385 g/mol. The summed E-state index contributed by atoms with van der Waals surface area (Å²) in [5.41, 5.74) is 2.33. The summed E-state index contributed by atoms with van der Waals surface area (Å²) in [4.78, 5) is 4.17. The van der Waals surface area contributed by atoms with Crippen molar-refractivity contribution in [2.45, 2.75) is 25.9 Å². The van der Waals surface area contributed by atoms with Gasteiger partial charge in [-0.3, -0.25) is 9.39 Å². The molecule has 0 bridgehead atoms. The summed E-state index contributed by atoms with van der Waals surface area (Å²) in [6, 6.07) is 12.8. The highest BCUT2D eigenvalue weighted by Gasteiger charge is 2.27. The topological polar surface area (TPSA) is 75.8 Å². The SMILES string of the molecule is CN=C(NCc1cccc(COCC(F)(F)F)c1)NCc1nnc2ccccn12. The molecule has 2 aromatic heterocycles. The van der Waals surface area contributed by atoms with Crippen molar-refractivity contribution in [3.63, 3.8) is 0 Å². The lowest BCUT2D eigenvalue weighted by Gasteiger charge is -2.12. The molecule has 0 amide bonds. The zero-order valence-corrected chi connectivity index (χ0v) is 15.8. The second kappa shape index (κ2) is 9.37. The average Bonchev–Trinajstić information content (AvgIpc) is 3.11. The largest absolute Gasteiger partial charge is 0.411 e. The summed E-state index contributed by atoms with van der Waals surface area (Å²) < 4.78 is 43.1. The van der Waals surface area contributed by atoms with Gasteiger partial charge in [-0.2, -0.15) is 13.2 Å². The zero-order valence-electron chi connectivity index (χ0n) is 15.8.